The molecular formula is C15H23NO2S. The second-order valence-electron chi connectivity index (χ2n) is 5.39. The molecule has 1 aromatic rings. The van der Waals surface area contributed by atoms with Crippen molar-refractivity contribution in [2.75, 3.05) is 5.75 Å². The van der Waals surface area contributed by atoms with Crippen molar-refractivity contribution in [2.24, 2.45) is 0 Å². The molecule has 1 aromatic carbocycles. The minimum atomic E-state index is -3.16. The van der Waals surface area contributed by atoms with Crippen LogP contribution in [0.15, 0.2) is 18.2 Å². The highest BCUT2D eigenvalue weighted by Gasteiger charge is 2.17. The first-order chi connectivity index (χ1) is 9.02. The third-order valence-electron chi connectivity index (χ3n) is 3.75. The number of sulfonamides is 1. The van der Waals surface area contributed by atoms with E-state index in [0.717, 1.165) is 24.8 Å². The SMILES string of the molecule is CCCCS(=O)(=O)N[C@H](C)c1ccc2c(c1)CCC2. The van der Waals surface area contributed by atoms with E-state index in [2.05, 4.69) is 22.9 Å². The topological polar surface area (TPSA) is 46.2 Å². The lowest BCUT2D eigenvalue weighted by atomic mass is 10.0. The van der Waals surface area contributed by atoms with Crippen molar-refractivity contribution in [3.05, 3.63) is 34.9 Å². The Hall–Kier alpha value is -0.870. The van der Waals surface area contributed by atoms with Gasteiger partial charge in [0.25, 0.3) is 0 Å². The number of hydrogen-bond donors (Lipinski definition) is 1. The summed E-state index contributed by atoms with van der Waals surface area (Å²) in [6, 6.07) is 6.22. The fourth-order valence-corrected chi connectivity index (χ4v) is 4.05. The van der Waals surface area contributed by atoms with Crippen molar-refractivity contribution in [3.63, 3.8) is 0 Å². The van der Waals surface area contributed by atoms with Crippen molar-refractivity contribution in [1.29, 1.82) is 0 Å². The monoisotopic (exact) mass is 281 g/mol. The van der Waals surface area contributed by atoms with Gasteiger partial charge in [-0.1, -0.05) is 31.5 Å². The smallest absolute Gasteiger partial charge is 0.212 e. The first-order valence-electron chi connectivity index (χ1n) is 7.13. The van der Waals surface area contributed by atoms with E-state index < -0.39 is 10.0 Å². The Balaban J connectivity index is 2.06. The molecule has 3 nitrogen and oxygen atoms in total. The molecule has 4 heteroatoms. The van der Waals surface area contributed by atoms with Gasteiger partial charge in [-0.15, -0.1) is 0 Å². The Morgan fingerprint density at radius 3 is 2.74 bits per heavy atom. The number of benzene rings is 1. The molecule has 0 unspecified atom stereocenters. The minimum absolute atomic E-state index is 0.146. The number of hydrogen-bond acceptors (Lipinski definition) is 2. The first-order valence-corrected chi connectivity index (χ1v) is 8.79. The van der Waals surface area contributed by atoms with Gasteiger partial charge in [-0.05, 0) is 49.3 Å². The zero-order chi connectivity index (χ0) is 13.9. The average Bonchev–Trinajstić information content (AvgIpc) is 2.83. The Bertz CT molecular complexity index is 537. The highest BCUT2D eigenvalue weighted by Crippen LogP contribution is 2.25. The van der Waals surface area contributed by atoms with E-state index in [1.54, 1.807) is 0 Å². The molecule has 0 heterocycles. The zero-order valence-electron chi connectivity index (χ0n) is 11.8. The predicted molar refractivity (Wildman–Crippen MR) is 78.7 cm³/mol. The lowest BCUT2D eigenvalue weighted by molar-refractivity contribution is 0.563. The molecule has 2 rings (SSSR count). The molecule has 1 aliphatic rings. The Morgan fingerprint density at radius 2 is 2.00 bits per heavy atom. The van der Waals surface area contributed by atoms with Gasteiger partial charge in [0, 0.05) is 6.04 Å². The maximum Gasteiger partial charge on any atom is 0.212 e. The molecule has 1 atom stereocenters. The standard InChI is InChI=1S/C15H23NO2S/c1-3-4-10-19(17,18)16-12(2)14-9-8-13-6-5-7-15(13)11-14/h8-9,11-12,16H,3-7,10H2,1-2H3/t12-/m1/s1. The highest BCUT2D eigenvalue weighted by molar-refractivity contribution is 7.89. The molecule has 0 amide bonds. The van der Waals surface area contributed by atoms with Gasteiger partial charge in [0.2, 0.25) is 10.0 Å². The Morgan fingerprint density at radius 1 is 1.26 bits per heavy atom. The van der Waals surface area contributed by atoms with Crippen LogP contribution in [-0.4, -0.2) is 14.2 Å². The summed E-state index contributed by atoms with van der Waals surface area (Å²) >= 11 is 0. The summed E-state index contributed by atoms with van der Waals surface area (Å²) in [5, 5.41) is 0. The van der Waals surface area contributed by atoms with Crippen LogP contribution >= 0.6 is 0 Å². The molecule has 0 bridgehead atoms. The molecular weight excluding hydrogens is 258 g/mol. The van der Waals surface area contributed by atoms with E-state index in [1.807, 2.05) is 13.8 Å². The van der Waals surface area contributed by atoms with Crippen molar-refractivity contribution in [3.8, 4) is 0 Å². The Kier molecular flexibility index (Phi) is 4.63. The van der Waals surface area contributed by atoms with Crippen LogP contribution in [0.25, 0.3) is 0 Å². The zero-order valence-corrected chi connectivity index (χ0v) is 12.6. The van der Waals surface area contributed by atoms with Crippen LogP contribution in [0.5, 0.6) is 0 Å². The summed E-state index contributed by atoms with van der Waals surface area (Å²) in [6.07, 6.45) is 5.11. The van der Waals surface area contributed by atoms with Crippen LogP contribution in [0.2, 0.25) is 0 Å². The molecule has 0 fully saturated rings. The summed E-state index contributed by atoms with van der Waals surface area (Å²) in [7, 11) is -3.16. The third-order valence-corrected chi connectivity index (χ3v) is 5.28. The highest BCUT2D eigenvalue weighted by atomic mass is 32.2. The molecule has 0 saturated heterocycles. The number of rotatable bonds is 6. The lowest BCUT2D eigenvalue weighted by Crippen LogP contribution is -2.29. The van der Waals surface area contributed by atoms with E-state index in [0.29, 0.717) is 6.42 Å². The Labute approximate surface area is 116 Å². The molecule has 0 radical (unpaired) electrons. The number of fused-ring (bicyclic) bond motifs is 1. The quantitative estimate of drug-likeness (QED) is 0.871. The van der Waals surface area contributed by atoms with Crippen molar-refractivity contribution >= 4 is 10.0 Å². The van der Waals surface area contributed by atoms with Gasteiger partial charge in [0.1, 0.15) is 0 Å². The van der Waals surface area contributed by atoms with Gasteiger partial charge in [-0.25, -0.2) is 13.1 Å². The van der Waals surface area contributed by atoms with E-state index in [9.17, 15) is 8.42 Å². The second kappa shape index (κ2) is 6.06. The first kappa shape index (κ1) is 14.5. The second-order valence-corrected chi connectivity index (χ2v) is 7.27. The summed E-state index contributed by atoms with van der Waals surface area (Å²) in [4.78, 5) is 0. The summed E-state index contributed by atoms with van der Waals surface area (Å²) < 4.78 is 26.6. The predicted octanol–water partition coefficient (Wildman–Crippen LogP) is 2.96. The van der Waals surface area contributed by atoms with Gasteiger partial charge in [-0.3, -0.25) is 0 Å². The van der Waals surface area contributed by atoms with Crippen molar-refractivity contribution < 1.29 is 8.42 Å². The molecule has 1 N–H and O–H groups in total. The number of aryl methyl sites for hydroxylation is 2. The normalized spacial score (nSPS) is 16.3. The molecule has 0 spiro atoms. The lowest BCUT2D eigenvalue weighted by Gasteiger charge is -2.15. The fourth-order valence-electron chi connectivity index (χ4n) is 2.59. The maximum atomic E-state index is 11.9. The summed E-state index contributed by atoms with van der Waals surface area (Å²) in [5.41, 5.74) is 3.88. The van der Waals surface area contributed by atoms with Crippen LogP contribution in [0.4, 0.5) is 0 Å². The molecule has 19 heavy (non-hydrogen) atoms. The summed E-state index contributed by atoms with van der Waals surface area (Å²) in [6.45, 7) is 3.92. The van der Waals surface area contributed by atoms with E-state index >= 15 is 0 Å². The number of nitrogens with one attached hydrogen (secondary N) is 1. The fraction of sp³-hybridized carbons (Fsp3) is 0.600. The van der Waals surface area contributed by atoms with Gasteiger partial charge in [0.15, 0.2) is 0 Å². The van der Waals surface area contributed by atoms with E-state index in [4.69, 9.17) is 0 Å². The van der Waals surface area contributed by atoms with E-state index in [1.165, 1.54) is 17.5 Å². The van der Waals surface area contributed by atoms with Crippen LogP contribution in [0.3, 0.4) is 0 Å². The maximum absolute atomic E-state index is 11.9. The van der Waals surface area contributed by atoms with Gasteiger partial charge >= 0.3 is 0 Å². The largest absolute Gasteiger partial charge is 0.212 e. The van der Waals surface area contributed by atoms with Crippen molar-refractivity contribution in [1.82, 2.24) is 4.72 Å². The number of unbranched alkanes of at least 4 members (excludes halogenated alkanes) is 1. The van der Waals surface area contributed by atoms with Gasteiger partial charge < -0.3 is 0 Å². The summed E-state index contributed by atoms with van der Waals surface area (Å²) in [5.74, 6) is 0.221. The van der Waals surface area contributed by atoms with Gasteiger partial charge in [-0.2, -0.15) is 0 Å². The van der Waals surface area contributed by atoms with Crippen LogP contribution in [-0.2, 0) is 22.9 Å². The average molecular weight is 281 g/mol. The molecule has 1 aliphatic carbocycles. The molecule has 0 aliphatic heterocycles. The van der Waals surface area contributed by atoms with Gasteiger partial charge in [0.05, 0.1) is 5.75 Å². The van der Waals surface area contributed by atoms with Crippen LogP contribution < -0.4 is 4.72 Å². The van der Waals surface area contributed by atoms with Crippen molar-refractivity contribution in [2.45, 2.75) is 52.0 Å². The molecule has 106 valence electrons. The minimum Gasteiger partial charge on any atom is -0.212 e. The third kappa shape index (κ3) is 3.80. The van der Waals surface area contributed by atoms with Crippen LogP contribution in [0, 0.1) is 0 Å². The van der Waals surface area contributed by atoms with Crippen LogP contribution in [0.1, 0.15) is 55.8 Å². The molecule has 0 aromatic heterocycles. The van der Waals surface area contributed by atoms with E-state index in [-0.39, 0.29) is 11.8 Å². The molecule has 0 saturated carbocycles.